The summed E-state index contributed by atoms with van der Waals surface area (Å²) in [6.07, 6.45) is 0. The molecule has 2 unspecified atom stereocenters. The summed E-state index contributed by atoms with van der Waals surface area (Å²) >= 11 is 0. The highest BCUT2D eigenvalue weighted by Gasteiger charge is 2.43. The molecule has 0 radical (unpaired) electrons. The van der Waals surface area contributed by atoms with E-state index >= 15 is 0 Å². The second-order valence-corrected chi connectivity index (χ2v) is 16.4. The molecule has 0 bridgehead atoms. The summed E-state index contributed by atoms with van der Waals surface area (Å²) < 4.78 is 0. The zero-order valence-electron chi connectivity index (χ0n) is 31.0. The molecule has 2 atom stereocenters. The molecule has 0 N–H and O–H groups in total. The lowest BCUT2D eigenvalue weighted by Crippen LogP contribution is -2.18. The third kappa shape index (κ3) is 4.28. The Morgan fingerprint density at radius 1 is 0.364 bits per heavy atom. The first-order chi connectivity index (χ1) is 27.0. The Hall–Kier alpha value is -6.50. The zero-order chi connectivity index (χ0) is 36.4. The van der Waals surface area contributed by atoms with Crippen molar-refractivity contribution >= 4 is 21.5 Å². The molecule has 0 spiro atoms. The quantitative estimate of drug-likeness (QED) is 0.172. The minimum Gasteiger partial charge on any atom is -0.0619 e. The van der Waals surface area contributed by atoms with Gasteiger partial charge in [-0.3, -0.25) is 0 Å². The summed E-state index contributed by atoms with van der Waals surface area (Å²) in [5.41, 5.74) is 21.9. The highest BCUT2D eigenvalue weighted by atomic mass is 14.5. The van der Waals surface area contributed by atoms with Crippen molar-refractivity contribution in [3.8, 4) is 44.5 Å². The van der Waals surface area contributed by atoms with Crippen LogP contribution in [0.15, 0.2) is 182 Å². The highest BCUT2D eigenvalue weighted by Crippen LogP contribution is 2.59. The molecule has 12 rings (SSSR count). The number of hydrogen-bond acceptors (Lipinski definition) is 0. The van der Waals surface area contributed by atoms with Gasteiger partial charge in [0.25, 0.3) is 0 Å². The van der Waals surface area contributed by atoms with Crippen LogP contribution >= 0.6 is 0 Å². The van der Waals surface area contributed by atoms with Crippen molar-refractivity contribution in [3.05, 3.63) is 226 Å². The van der Waals surface area contributed by atoms with Gasteiger partial charge in [0.2, 0.25) is 0 Å². The van der Waals surface area contributed by atoms with Crippen LogP contribution in [0.1, 0.15) is 70.2 Å². The summed E-state index contributed by atoms with van der Waals surface area (Å²) in [7, 11) is 0. The Bertz CT molecular complexity index is 3080. The molecule has 0 amide bonds. The highest BCUT2D eigenvalue weighted by molar-refractivity contribution is 5.95. The molecule has 0 aliphatic heterocycles. The smallest absolute Gasteiger partial charge is 0.0358 e. The molecular weight excluding hydrogens is 661 g/mol. The fourth-order valence-electron chi connectivity index (χ4n) is 10.8. The van der Waals surface area contributed by atoms with E-state index in [9.17, 15) is 0 Å². The van der Waals surface area contributed by atoms with Gasteiger partial charge in [-0.2, -0.15) is 0 Å². The van der Waals surface area contributed by atoms with Crippen LogP contribution in [0.25, 0.3) is 66.1 Å². The Morgan fingerprint density at radius 3 is 1.80 bits per heavy atom. The SMILES string of the molecule is CC1(C)c2ccccc2-c2ccc3c(c21)C(c1ccc2ccccc2c1)c1ccc(-c2ccc4c(c2)-c2ccccc2C4c2cccc4ccccc24)cc1-3. The molecular formula is C55H38. The third-order valence-corrected chi connectivity index (χ3v) is 13.2. The molecule has 0 aromatic heterocycles. The molecule has 3 aliphatic carbocycles. The molecule has 0 nitrogen and oxygen atoms in total. The summed E-state index contributed by atoms with van der Waals surface area (Å²) in [5, 5.41) is 5.20. The largest absolute Gasteiger partial charge is 0.0619 e. The third-order valence-electron chi connectivity index (χ3n) is 13.2. The maximum atomic E-state index is 2.49. The van der Waals surface area contributed by atoms with Gasteiger partial charge in [-0.25, -0.2) is 0 Å². The van der Waals surface area contributed by atoms with E-state index in [2.05, 4.69) is 196 Å². The Morgan fingerprint density at radius 2 is 0.964 bits per heavy atom. The van der Waals surface area contributed by atoms with E-state index < -0.39 is 0 Å². The predicted molar refractivity (Wildman–Crippen MR) is 230 cm³/mol. The first-order valence-electron chi connectivity index (χ1n) is 19.7. The average molecular weight is 699 g/mol. The van der Waals surface area contributed by atoms with Gasteiger partial charge in [-0.05, 0) is 123 Å². The molecule has 3 aliphatic rings. The molecule has 0 fully saturated rings. The Labute approximate surface area is 322 Å². The average Bonchev–Trinajstić information content (AvgIpc) is 3.83. The maximum Gasteiger partial charge on any atom is 0.0358 e. The standard InChI is InChI=1S/C55H38/c1-55(2)50-21-10-9-18-41(50)47-29-28-46-49-32-37(24-26-44(49)51(53(46)54(47)55)38-23-22-33-12-3-4-14-35(33)30-38)36-25-27-45-48(31-36)40-17-7-8-19-43(40)52(45)42-20-11-15-34-13-5-6-16-39(34)42/h3-32,51-52H,1-2H3. The fraction of sp³-hybridized carbons (Fsp3) is 0.0909. The predicted octanol–water partition coefficient (Wildman–Crippen LogP) is 14.3. The monoisotopic (exact) mass is 698 g/mol. The van der Waals surface area contributed by atoms with E-state index in [1.165, 1.54) is 111 Å². The van der Waals surface area contributed by atoms with Gasteiger partial charge in [0.05, 0.1) is 0 Å². The van der Waals surface area contributed by atoms with Crippen LogP contribution in [0.5, 0.6) is 0 Å². The van der Waals surface area contributed by atoms with Crippen LogP contribution in [0.3, 0.4) is 0 Å². The first kappa shape index (κ1) is 30.9. The van der Waals surface area contributed by atoms with Crippen LogP contribution in [0, 0.1) is 0 Å². The van der Waals surface area contributed by atoms with Crippen LogP contribution in [-0.2, 0) is 5.41 Å². The van der Waals surface area contributed by atoms with Gasteiger partial charge in [-0.1, -0.05) is 184 Å². The number of fused-ring (bicyclic) bond motifs is 12. The van der Waals surface area contributed by atoms with E-state index in [1.807, 2.05) is 0 Å². The van der Waals surface area contributed by atoms with Gasteiger partial charge in [0.1, 0.15) is 0 Å². The lowest BCUT2D eigenvalue weighted by atomic mass is 9.75. The van der Waals surface area contributed by atoms with Gasteiger partial charge < -0.3 is 0 Å². The summed E-state index contributed by atoms with van der Waals surface area (Å²) in [4.78, 5) is 0. The van der Waals surface area contributed by atoms with Crippen molar-refractivity contribution in [2.75, 3.05) is 0 Å². The van der Waals surface area contributed by atoms with Crippen LogP contribution in [0.2, 0.25) is 0 Å². The molecule has 0 saturated carbocycles. The number of hydrogen-bond donors (Lipinski definition) is 0. The zero-order valence-corrected chi connectivity index (χ0v) is 31.0. The van der Waals surface area contributed by atoms with Crippen LogP contribution in [-0.4, -0.2) is 0 Å². The van der Waals surface area contributed by atoms with Gasteiger partial charge in [0.15, 0.2) is 0 Å². The first-order valence-corrected chi connectivity index (χ1v) is 19.7. The minimum atomic E-state index is -0.106. The van der Waals surface area contributed by atoms with E-state index in [0.717, 1.165) is 0 Å². The van der Waals surface area contributed by atoms with Gasteiger partial charge >= 0.3 is 0 Å². The second-order valence-electron chi connectivity index (χ2n) is 16.4. The van der Waals surface area contributed by atoms with Crippen LogP contribution < -0.4 is 0 Å². The van der Waals surface area contributed by atoms with E-state index in [0.29, 0.717) is 0 Å². The maximum absolute atomic E-state index is 2.49. The van der Waals surface area contributed by atoms with Crippen LogP contribution in [0.4, 0.5) is 0 Å². The second kappa shape index (κ2) is 11.3. The summed E-state index contributed by atoms with van der Waals surface area (Å²) in [6.45, 7) is 4.86. The normalized spacial score (nSPS) is 16.7. The molecule has 0 heterocycles. The van der Waals surface area contributed by atoms with E-state index in [-0.39, 0.29) is 17.3 Å². The van der Waals surface area contributed by atoms with E-state index in [1.54, 1.807) is 0 Å². The number of rotatable bonds is 3. The topological polar surface area (TPSA) is 0 Å². The van der Waals surface area contributed by atoms with Crippen molar-refractivity contribution in [2.45, 2.75) is 31.1 Å². The molecule has 0 heteroatoms. The van der Waals surface area contributed by atoms with Crippen molar-refractivity contribution in [1.82, 2.24) is 0 Å². The lowest BCUT2D eigenvalue weighted by molar-refractivity contribution is 0.650. The van der Waals surface area contributed by atoms with Crippen molar-refractivity contribution in [3.63, 3.8) is 0 Å². The fourth-order valence-corrected chi connectivity index (χ4v) is 10.8. The van der Waals surface area contributed by atoms with Gasteiger partial charge in [0, 0.05) is 17.3 Å². The van der Waals surface area contributed by atoms with Crippen molar-refractivity contribution < 1.29 is 0 Å². The summed E-state index contributed by atoms with van der Waals surface area (Å²) in [5.74, 6) is 0.357. The molecule has 9 aromatic rings. The van der Waals surface area contributed by atoms with Gasteiger partial charge in [-0.15, -0.1) is 0 Å². The van der Waals surface area contributed by atoms with Crippen molar-refractivity contribution in [1.29, 1.82) is 0 Å². The number of benzene rings is 9. The Kier molecular flexibility index (Phi) is 6.33. The van der Waals surface area contributed by atoms with Crippen molar-refractivity contribution in [2.24, 2.45) is 0 Å². The summed E-state index contributed by atoms with van der Waals surface area (Å²) in [6, 6.07) is 68.9. The molecule has 9 aromatic carbocycles. The molecule has 55 heavy (non-hydrogen) atoms. The lowest BCUT2D eigenvalue weighted by Gasteiger charge is -2.27. The Balaban J connectivity index is 1.04. The molecule has 258 valence electrons. The molecule has 0 saturated heterocycles. The minimum absolute atomic E-state index is 0.106. The van der Waals surface area contributed by atoms with E-state index in [4.69, 9.17) is 0 Å².